The highest BCUT2D eigenvalue weighted by atomic mass is 16.3. The maximum Gasteiger partial charge on any atom is 0.251 e. The highest BCUT2D eigenvalue weighted by Gasteiger charge is 2.28. The number of hydrogen-bond donors (Lipinski definition) is 2. The van der Waals surface area contributed by atoms with Gasteiger partial charge in [-0.05, 0) is 55.4 Å². The Labute approximate surface area is 194 Å². The van der Waals surface area contributed by atoms with Gasteiger partial charge in [0.1, 0.15) is 6.54 Å². The van der Waals surface area contributed by atoms with Crippen molar-refractivity contribution >= 4 is 22.7 Å². The second-order valence-corrected chi connectivity index (χ2v) is 9.08. The summed E-state index contributed by atoms with van der Waals surface area (Å²) in [7, 11) is 0. The second kappa shape index (κ2) is 9.69. The standard InChI is InChI=1S/C27H31N3O3/c31-24-17-30-23-16-20(27(32)29-14-7-2-1-6-13-28-24)10-11-22(23)25(19-8-4-3-5-9-19)26(30)21-12-15-33-18-21/h1-2,10-12,15-16,18-19H,3-9,13-14,17H2,(H,28,31)(H,29,32)/b2-1-. The SMILES string of the molecule is O=C1Cn2c(-c3ccoc3)c(C3CCCCC3)c3ccc(cc32)C(=O)NCC/C=C\CCN1. The van der Waals surface area contributed by atoms with E-state index in [2.05, 4.69) is 27.3 Å². The molecule has 2 aromatic heterocycles. The number of nitrogens with zero attached hydrogens (tertiary/aromatic N) is 1. The maximum absolute atomic E-state index is 13.0. The zero-order chi connectivity index (χ0) is 22.6. The van der Waals surface area contributed by atoms with Crippen molar-refractivity contribution in [3.05, 3.63) is 60.1 Å². The zero-order valence-electron chi connectivity index (χ0n) is 18.9. The Bertz CT molecular complexity index is 1170. The van der Waals surface area contributed by atoms with Gasteiger partial charge in [-0.25, -0.2) is 0 Å². The predicted octanol–water partition coefficient (Wildman–Crippen LogP) is 5.15. The van der Waals surface area contributed by atoms with E-state index in [1.54, 1.807) is 12.5 Å². The number of fused-ring (bicyclic) bond motifs is 1. The van der Waals surface area contributed by atoms with Gasteiger partial charge in [0, 0.05) is 29.6 Å². The number of furan rings is 1. The molecule has 6 nitrogen and oxygen atoms in total. The maximum atomic E-state index is 13.0. The second-order valence-electron chi connectivity index (χ2n) is 9.08. The van der Waals surface area contributed by atoms with Gasteiger partial charge in [0.05, 0.1) is 23.7 Å². The molecular weight excluding hydrogens is 414 g/mol. The topological polar surface area (TPSA) is 76.3 Å². The summed E-state index contributed by atoms with van der Waals surface area (Å²) in [6, 6.07) is 7.91. The molecule has 1 aliphatic carbocycles. The number of carbonyl (C=O) groups excluding carboxylic acids is 2. The number of hydrogen-bond acceptors (Lipinski definition) is 3. The Kier molecular flexibility index (Phi) is 6.33. The van der Waals surface area contributed by atoms with Crippen LogP contribution in [0.2, 0.25) is 0 Å². The molecule has 0 radical (unpaired) electrons. The molecule has 2 N–H and O–H groups in total. The number of benzene rings is 1. The van der Waals surface area contributed by atoms with E-state index in [1.165, 1.54) is 24.8 Å². The molecule has 3 heterocycles. The lowest BCUT2D eigenvalue weighted by Gasteiger charge is -2.23. The van der Waals surface area contributed by atoms with Crippen LogP contribution in [0.25, 0.3) is 22.2 Å². The Morgan fingerprint density at radius 3 is 2.45 bits per heavy atom. The van der Waals surface area contributed by atoms with Gasteiger partial charge < -0.3 is 19.6 Å². The minimum Gasteiger partial charge on any atom is -0.472 e. The number of aromatic nitrogens is 1. The first-order valence-corrected chi connectivity index (χ1v) is 12.1. The summed E-state index contributed by atoms with van der Waals surface area (Å²) in [6.07, 6.45) is 15.1. The Morgan fingerprint density at radius 1 is 0.909 bits per heavy atom. The summed E-state index contributed by atoms with van der Waals surface area (Å²) in [5.74, 6) is 0.331. The third kappa shape index (κ3) is 4.47. The number of carbonyl (C=O) groups is 2. The summed E-state index contributed by atoms with van der Waals surface area (Å²) < 4.78 is 7.55. The molecule has 0 spiro atoms. The van der Waals surface area contributed by atoms with Crippen LogP contribution in [-0.4, -0.2) is 29.5 Å². The lowest BCUT2D eigenvalue weighted by molar-refractivity contribution is -0.121. The molecule has 6 heteroatoms. The molecule has 0 atom stereocenters. The van der Waals surface area contributed by atoms with Gasteiger partial charge in [0.25, 0.3) is 5.91 Å². The van der Waals surface area contributed by atoms with Gasteiger partial charge >= 0.3 is 0 Å². The molecule has 3 aromatic rings. The van der Waals surface area contributed by atoms with E-state index in [-0.39, 0.29) is 18.4 Å². The number of rotatable bonds is 2. The lowest BCUT2D eigenvalue weighted by atomic mass is 9.82. The van der Waals surface area contributed by atoms with E-state index >= 15 is 0 Å². The van der Waals surface area contributed by atoms with Crippen molar-refractivity contribution in [2.24, 2.45) is 0 Å². The highest BCUT2D eigenvalue weighted by molar-refractivity contribution is 6.01. The quantitative estimate of drug-likeness (QED) is 0.536. The monoisotopic (exact) mass is 445 g/mol. The third-order valence-electron chi connectivity index (χ3n) is 6.87. The van der Waals surface area contributed by atoms with Gasteiger partial charge in [-0.1, -0.05) is 37.5 Å². The first kappa shape index (κ1) is 21.6. The Morgan fingerprint density at radius 2 is 1.70 bits per heavy atom. The smallest absolute Gasteiger partial charge is 0.251 e. The van der Waals surface area contributed by atoms with Gasteiger partial charge in [-0.15, -0.1) is 0 Å². The van der Waals surface area contributed by atoms with Crippen molar-refractivity contribution in [2.75, 3.05) is 13.1 Å². The normalized spacial score (nSPS) is 19.6. The van der Waals surface area contributed by atoms with Gasteiger partial charge in [-0.2, -0.15) is 0 Å². The van der Waals surface area contributed by atoms with Gasteiger partial charge in [0.15, 0.2) is 0 Å². The summed E-state index contributed by atoms with van der Waals surface area (Å²) in [6.45, 7) is 1.40. The van der Waals surface area contributed by atoms with E-state index in [9.17, 15) is 9.59 Å². The van der Waals surface area contributed by atoms with Gasteiger partial charge in [0.2, 0.25) is 5.91 Å². The van der Waals surface area contributed by atoms with Crippen molar-refractivity contribution < 1.29 is 14.0 Å². The van der Waals surface area contributed by atoms with Crippen LogP contribution in [0.4, 0.5) is 0 Å². The fourth-order valence-corrected chi connectivity index (χ4v) is 5.30. The zero-order valence-corrected chi connectivity index (χ0v) is 18.9. The molecule has 1 fully saturated rings. The number of nitrogens with one attached hydrogen (secondary N) is 2. The molecule has 1 saturated carbocycles. The fraction of sp³-hybridized carbons (Fsp3) is 0.407. The molecule has 1 aromatic carbocycles. The van der Waals surface area contributed by atoms with Crippen LogP contribution in [0.1, 0.15) is 66.8 Å². The van der Waals surface area contributed by atoms with Crippen LogP contribution in [0.5, 0.6) is 0 Å². The van der Waals surface area contributed by atoms with E-state index in [0.29, 0.717) is 24.6 Å². The number of amides is 2. The van der Waals surface area contributed by atoms with Crippen LogP contribution < -0.4 is 10.6 Å². The molecule has 2 bridgehead atoms. The fourth-order valence-electron chi connectivity index (χ4n) is 5.30. The van der Waals surface area contributed by atoms with Crippen molar-refractivity contribution in [3.8, 4) is 11.3 Å². The summed E-state index contributed by atoms with van der Waals surface area (Å²) >= 11 is 0. The van der Waals surface area contributed by atoms with Crippen molar-refractivity contribution in [2.45, 2.75) is 57.4 Å². The molecule has 0 unspecified atom stereocenters. The molecule has 33 heavy (non-hydrogen) atoms. The highest BCUT2D eigenvalue weighted by Crippen LogP contribution is 2.44. The minimum atomic E-state index is -0.0820. The average molecular weight is 446 g/mol. The average Bonchev–Trinajstić information content (AvgIpc) is 3.47. The first-order chi connectivity index (χ1) is 16.2. The van der Waals surface area contributed by atoms with Crippen molar-refractivity contribution in [1.29, 1.82) is 0 Å². The molecule has 172 valence electrons. The third-order valence-corrected chi connectivity index (χ3v) is 6.87. The van der Waals surface area contributed by atoms with Crippen molar-refractivity contribution in [3.63, 3.8) is 0 Å². The minimum absolute atomic E-state index is 0.0232. The summed E-state index contributed by atoms with van der Waals surface area (Å²) in [4.78, 5) is 25.8. The molecule has 0 saturated heterocycles. The van der Waals surface area contributed by atoms with Crippen LogP contribution in [0.15, 0.2) is 53.4 Å². The predicted molar refractivity (Wildman–Crippen MR) is 129 cm³/mol. The van der Waals surface area contributed by atoms with E-state index in [4.69, 9.17) is 4.42 Å². The molecular formula is C27H31N3O3. The molecule has 2 amide bonds. The Hall–Kier alpha value is -3.28. The van der Waals surface area contributed by atoms with E-state index in [0.717, 1.165) is 47.8 Å². The largest absolute Gasteiger partial charge is 0.472 e. The summed E-state index contributed by atoms with van der Waals surface area (Å²) in [5.41, 5.74) is 4.86. The van der Waals surface area contributed by atoms with Gasteiger partial charge in [-0.3, -0.25) is 9.59 Å². The Balaban J connectivity index is 1.70. The molecule has 2 aliphatic rings. The molecule has 5 rings (SSSR count). The van der Waals surface area contributed by atoms with Crippen LogP contribution in [-0.2, 0) is 11.3 Å². The summed E-state index contributed by atoms with van der Waals surface area (Å²) in [5, 5.41) is 7.21. The van der Waals surface area contributed by atoms with Crippen LogP contribution in [0, 0.1) is 0 Å². The first-order valence-electron chi connectivity index (χ1n) is 12.1. The van der Waals surface area contributed by atoms with Crippen molar-refractivity contribution in [1.82, 2.24) is 15.2 Å². The van der Waals surface area contributed by atoms with Crippen LogP contribution in [0.3, 0.4) is 0 Å². The van der Waals surface area contributed by atoms with Crippen LogP contribution >= 0.6 is 0 Å². The molecule has 1 aliphatic heterocycles. The van der Waals surface area contributed by atoms with E-state index < -0.39 is 0 Å². The lowest BCUT2D eigenvalue weighted by Crippen LogP contribution is -2.28. The van der Waals surface area contributed by atoms with E-state index in [1.807, 2.05) is 24.3 Å².